The zero-order valence-electron chi connectivity index (χ0n) is 9.45. The van der Waals surface area contributed by atoms with Gasteiger partial charge in [0.15, 0.2) is 0 Å². The molecule has 1 aliphatic rings. The lowest BCUT2D eigenvalue weighted by molar-refractivity contribution is -0.118. The largest absolute Gasteiger partial charge is 0.432 e. The van der Waals surface area contributed by atoms with Crippen molar-refractivity contribution in [3.8, 4) is 0 Å². The number of amides is 1. The summed E-state index contributed by atoms with van der Waals surface area (Å²) in [5.74, 6) is -0.0521. The summed E-state index contributed by atoms with van der Waals surface area (Å²) >= 11 is 0. The van der Waals surface area contributed by atoms with E-state index in [1.807, 2.05) is 6.92 Å². The molecule has 1 aromatic rings. The zero-order valence-corrected chi connectivity index (χ0v) is 9.45. The van der Waals surface area contributed by atoms with E-state index in [0.717, 1.165) is 31.5 Å². The van der Waals surface area contributed by atoms with E-state index in [-0.39, 0.29) is 18.0 Å². The minimum absolute atomic E-state index is 0.0521. The van der Waals surface area contributed by atoms with Gasteiger partial charge in [-0.2, -0.15) is 4.98 Å². The van der Waals surface area contributed by atoms with E-state index < -0.39 is 0 Å². The Morgan fingerprint density at radius 3 is 3.19 bits per heavy atom. The molecule has 0 bridgehead atoms. The zero-order chi connectivity index (χ0) is 11.4. The Kier molecular flexibility index (Phi) is 3.56. The van der Waals surface area contributed by atoms with E-state index in [1.165, 1.54) is 12.7 Å². The van der Waals surface area contributed by atoms with E-state index in [4.69, 9.17) is 4.42 Å². The number of nitrogens with one attached hydrogen (secondary N) is 2. The fraction of sp³-hybridized carbons (Fsp3) is 0.636. The molecule has 88 valence electrons. The van der Waals surface area contributed by atoms with Gasteiger partial charge in [0.05, 0.1) is 11.7 Å². The number of hydrogen-bond acceptors (Lipinski definition) is 4. The van der Waals surface area contributed by atoms with Crippen LogP contribution in [-0.4, -0.2) is 23.5 Å². The van der Waals surface area contributed by atoms with Crippen LogP contribution in [0.25, 0.3) is 0 Å². The highest BCUT2D eigenvalue weighted by molar-refractivity contribution is 5.93. The van der Waals surface area contributed by atoms with Gasteiger partial charge >= 0.3 is 6.01 Å². The smallest absolute Gasteiger partial charge is 0.301 e. The SMILES string of the molecule is Cc1coc(NC(=O)C2CCCCCN2)n1. The van der Waals surface area contributed by atoms with Gasteiger partial charge in [-0.05, 0) is 26.3 Å². The van der Waals surface area contributed by atoms with Crippen molar-refractivity contribution < 1.29 is 9.21 Å². The summed E-state index contributed by atoms with van der Waals surface area (Å²) in [5, 5.41) is 5.91. The summed E-state index contributed by atoms with van der Waals surface area (Å²) < 4.78 is 5.09. The van der Waals surface area contributed by atoms with Crippen molar-refractivity contribution >= 4 is 11.9 Å². The first-order chi connectivity index (χ1) is 7.75. The minimum Gasteiger partial charge on any atom is -0.432 e. The molecule has 1 fully saturated rings. The minimum atomic E-state index is -0.116. The maximum atomic E-state index is 11.9. The third-order valence-electron chi connectivity index (χ3n) is 2.73. The van der Waals surface area contributed by atoms with Crippen LogP contribution in [0, 0.1) is 6.92 Å². The molecule has 5 nitrogen and oxygen atoms in total. The first kappa shape index (κ1) is 11.1. The number of anilines is 1. The van der Waals surface area contributed by atoms with Crippen molar-refractivity contribution in [2.75, 3.05) is 11.9 Å². The summed E-state index contributed by atoms with van der Waals surface area (Å²) in [4.78, 5) is 15.9. The molecule has 5 heteroatoms. The van der Waals surface area contributed by atoms with Gasteiger partial charge in [0, 0.05) is 0 Å². The third kappa shape index (κ3) is 2.82. The van der Waals surface area contributed by atoms with E-state index in [1.54, 1.807) is 0 Å². The third-order valence-corrected chi connectivity index (χ3v) is 2.73. The van der Waals surface area contributed by atoms with Gasteiger partial charge in [-0.1, -0.05) is 12.8 Å². The van der Waals surface area contributed by atoms with Crippen molar-refractivity contribution in [2.24, 2.45) is 0 Å². The quantitative estimate of drug-likeness (QED) is 0.796. The van der Waals surface area contributed by atoms with Gasteiger partial charge in [-0.3, -0.25) is 10.1 Å². The molecule has 0 radical (unpaired) electrons. The fourth-order valence-electron chi connectivity index (χ4n) is 1.86. The van der Waals surface area contributed by atoms with Crippen LogP contribution in [-0.2, 0) is 4.79 Å². The van der Waals surface area contributed by atoms with Crippen LogP contribution in [0.4, 0.5) is 6.01 Å². The lowest BCUT2D eigenvalue weighted by Gasteiger charge is -2.13. The van der Waals surface area contributed by atoms with Crippen molar-refractivity contribution in [1.29, 1.82) is 0 Å². The highest BCUT2D eigenvalue weighted by atomic mass is 16.4. The van der Waals surface area contributed by atoms with Gasteiger partial charge in [0.2, 0.25) is 5.91 Å². The van der Waals surface area contributed by atoms with Crippen LogP contribution in [0.1, 0.15) is 31.4 Å². The van der Waals surface area contributed by atoms with Crippen LogP contribution in [0.5, 0.6) is 0 Å². The Morgan fingerprint density at radius 2 is 2.44 bits per heavy atom. The molecule has 2 rings (SSSR count). The van der Waals surface area contributed by atoms with Crippen LogP contribution < -0.4 is 10.6 Å². The number of hydrogen-bond donors (Lipinski definition) is 2. The summed E-state index contributed by atoms with van der Waals surface area (Å²) in [6.45, 7) is 2.73. The second kappa shape index (κ2) is 5.12. The predicted octanol–water partition coefficient (Wildman–Crippen LogP) is 1.45. The van der Waals surface area contributed by atoms with E-state index >= 15 is 0 Å². The summed E-state index contributed by atoms with van der Waals surface area (Å²) in [6, 6.07) is 0.170. The molecule has 1 unspecified atom stereocenters. The standard InChI is InChI=1S/C11H17N3O2/c1-8-7-16-11(13-8)14-10(15)9-5-3-2-4-6-12-9/h7,9,12H,2-6H2,1H3,(H,13,14,15). The molecule has 1 aromatic heterocycles. The van der Waals surface area contributed by atoms with Gasteiger partial charge in [0.1, 0.15) is 6.26 Å². The maximum Gasteiger partial charge on any atom is 0.301 e. The summed E-state index contributed by atoms with van der Waals surface area (Å²) in [5.41, 5.74) is 0.768. The number of nitrogens with zero attached hydrogens (tertiary/aromatic N) is 1. The Balaban J connectivity index is 1.91. The number of carbonyl (C=O) groups excluding carboxylic acids is 1. The van der Waals surface area contributed by atoms with Crippen molar-refractivity contribution in [1.82, 2.24) is 10.3 Å². The lowest BCUT2D eigenvalue weighted by Crippen LogP contribution is -2.39. The van der Waals surface area contributed by atoms with Crippen LogP contribution in [0.15, 0.2) is 10.7 Å². The second-order valence-electron chi connectivity index (χ2n) is 4.14. The van der Waals surface area contributed by atoms with Crippen LogP contribution >= 0.6 is 0 Å². The van der Waals surface area contributed by atoms with E-state index in [9.17, 15) is 4.79 Å². The number of aromatic nitrogens is 1. The molecular formula is C11H17N3O2. The van der Waals surface area contributed by atoms with Gasteiger partial charge < -0.3 is 9.73 Å². The molecule has 0 aromatic carbocycles. The predicted molar refractivity (Wildman–Crippen MR) is 60.1 cm³/mol. The summed E-state index contributed by atoms with van der Waals surface area (Å²) in [6.07, 6.45) is 5.83. The topological polar surface area (TPSA) is 67.2 Å². The number of rotatable bonds is 2. The Morgan fingerprint density at radius 1 is 1.56 bits per heavy atom. The summed E-state index contributed by atoms with van der Waals surface area (Å²) in [7, 11) is 0. The molecule has 2 heterocycles. The van der Waals surface area contributed by atoms with Gasteiger partial charge in [-0.25, -0.2) is 0 Å². The maximum absolute atomic E-state index is 11.9. The van der Waals surface area contributed by atoms with Gasteiger partial charge in [-0.15, -0.1) is 0 Å². The van der Waals surface area contributed by atoms with Crippen LogP contribution in [0.3, 0.4) is 0 Å². The van der Waals surface area contributed by atoms with Crippen molar-refractivity contribution in [2.45, 2.75) is 38.6 Å². The highest BCUT2D eigenvalue weighted by Gasteiger charge is 2.20. The molecule has 1 atom stereocenters. The molecule has 0 spiro atoms. The monoisotopic (exact) mass is 223 g/mol. The molecule has 1 aliphatic heterocycles. The van der Waals surface area contributed by atoms with E-state index in [2.05, 4.69) is 15.6 Å². The Hall–Kier alpha value is -1.36. The fourth-order valence-corrected chi connectivity index (χ4v) is 1.86. The van der Waals surface area contributed by atoms with E-state index in [0.29, 0.717) is 0 Å². The first-order valence-corrected chi connectivity index (χ1v) is 5.72. The first-order valence-electron chi connectivity index (χ1n) is 5.72. The van der Waals surface area contributed by atoms with Crippen molar-refractivity contribution in [3.63, 3.8) is 0 Å². The molecule has 0 saturated carbocycles. The molecular weight excluding hydrogens is 206 g/mol. The average Bonchev–Trinajstić information content (AvgIpc) is 2.56. The molecule has 1 saturated heterocycles. The molecule has 16 heavy (non-hydrogen) atoms. The Bertz CT molecular complexity index is 354. The van der Waals surface area contributed by atoms with Crippen molar-refractivity contribution in [3.05, 3.63) is 12.0 Å². The second-order valence-corrected chi connectivity index (χ2v) is 4.14. The number of aryl methyl sites for hydroxylation is 1. The number of carbonyl (C=O) groups is 1. The molecule has 1 amide bonds. The highest BCUT2D eigenvalue weighted by Crippen LogP contribution is 2.11. The number of oxazole rings is 1. The lowest BCUT2D eigenvalue weighted by atomic mass is 10.1. The molecule has 2 N–H and O–H groups in total. The van der Waals surface area contributed by atoms with Gasteiger partial charge in [0.25, 0.3) is 0 Å². The normalized spacial score (nSPS) is 21.4. The van der Waals surface area contributed by atoms with Crippen LogP contribution in [0.2, 0.25) is 0 Å². The Labute approximate surface area is 94.6 Å². The average molecular weight is 223 g/mol. The molecule has 0 aliphatic carbocycles.